The van der Waals surface area contributed by atoms with Crippen LogP contribution in [-0.2, 0) is 26.2 Å². The lowest BCUT2D eigenvalue weighted by molar-refractivity contribution is -0.141. The number of methoxy groups -OCH3 is 1. The normalized spacial score (nSPS) is 12.2. The van der Waals surface area contributed by atoms with Crippen molar-refractivity contribution in [2.75, 3.05) is 24.2 Å². The van der Waals surface area contributed by atoms with Crippen molar-refractivity contribution in [2.45, 2.75) is 58.7 Å². The average molecular weight is 573 g/mol. The van der Waals surface area contributed by atoms with Crippen LogP contribution in [0, 0.1) is 0 Å². The van der Waals surface area contributed by atoms with Crippen molar-refractivity contribution < 1.29 is 22.7 Å². The first-order chi connectivity index (χ1) is 17.4. The summed E-state index contributed by atoms with van der Waals surface area (Å²) in [4.78, 5) is 28.0. The molecule has 0 aliphatic carbocycles. The number of nitrogens with zero attached hydrogens (tertiary/aromatic N) is 2. The summed E-state index contributed by atoms with van der Waals surface area (Å²) >= 11 is 12.3. The van der Waals surface area contributed by atoms with E-state index >= 15 is 0 Å². The van der Waals surface area contributed by atoms with Gasteiger partial charge < -0.3 is 15.0 Å². The molecule has 2 aromatic rings. The predicted octanol–water partition coefficient (Wildman–Crippen LogP) is 4.88. The van der Waals surface area contributed by atoms with E-state index in [4.69, 9.17) is 27.9 Å². The van der Waals surface area contributed by atoms with Gasteiger partial charge in [0.05, 0.1) is 24.1 Å². The highest BCUT2D eigenvalue weighted by atomic mass is 35.5. The van der Waals surface area contributed by atoms with Gasteiger partial charge in [-0.25, -0.2) is 8.42 Å². The molecule has 2 amide bonds. The van der Waals surface area contributed by atoms with E-state index in [1.165, 1.54) is 12.1 Å². The first-order valence-electron chi connectivity index (χ1n) is 12.0. The van der Waals surface area contributed by atoms with E-state index in [1.807, 2.05) is 39.0 Å². The monoisotopic (exact) mass is 571 g/mol. The number of carbonyl (C=O) groups excluding carboxylic acids is 2. The quantitative estimate of drug-likeness (QED) is 0.369. The number of amides is 2. The SMILES string of the molecule is CCC(C(=O)NC(C)C)N(Cc1cccc(OC)c1)C(=O)CCCN(c1cc(Cl)ccc1Cl)S(C)(=O)=O. The van der Waals surface area contributed by atoms with Crippen molar-refractivity contribution in [2.24, 2.45) is 0 Å². The van der Waals surface area contributed by atoms with Crippen molar-refractivity contribution in [3.8, 4) is 5.75 Å². The third-order valence-electron chi connectivity index (χ3n) is 5.63. The molecule has 8 nitrogen and oxygen atoms in total. The minimum absolute atomic E-state index is 0.0205. The molecule has 0 saturated carbocycles. The van der Waals surface area contributed by atoms with E-state index in [-0.39, 0.29) is 54.5 Å². The lowest BCUT2D eigenvalue weighted by Crippen LogP contribution is -2.50. The van der Waals surface area contributed by atoms with Gasteiger partial charge in [-0.1, -0.05) is 42.3 Å². The second-order valence-corrected chi connectivity index (χ2v) is 11.7. The highest BCUT2D eigenvalue weighted by molar-refractivity contribution is 7.92. The summed E-state index contributed by atoms with van der Waals surface area (Å²) < 4.78 is 31.5. The van der Waals surface area contributed by atoms with Gasteiger partial charge in [-0.15, -0.1) is 0 Å². The van der Waals surface area contributed by atoms with Crippen LogP contribution in [0.3, 0.4) is 0 Å². The maximum Gasteiger partial charge on any atom is 0.243 e. The van der Waals surface area contributed by atoms with Crippen molar-refractivity contribution in [1.82, 2.24) is 10.2 Å². The number of anilines is 1. The minimum atomic E-state index is -3.69. The average Bonchev–Trinajstić information content (AvgIpc) is 2.82. The number of halogens is 2. The molecular formula is C26H35Cl2N3O5S. The first kappa shape index (κ1) is 30.7. The van der Waals surface area contributed by atoms with Crippen LogP contribution in [0.15, 0.2) is 42.5 Å². The second-order valence-electron chi connectivity index (χ2n) is 8.99. The standard InChI is InChI=1S/C26H35Cl2N3O5S/c1-6-23(26(33)29-18(2)3)30(17-19-9-7-10-21(15-19)36-4)25(32)11-8-14-31(37(5,34)35)24-16-20(27)12-13-22(24)28/h7,9-10,12-13,15-16,18,23H,6,8,11,14,17H2,1-5H3,(H,29,33). The summed E-state index contributed by atoms with van der Waals surface area (Å²) in [6.07, 6.45) is 1.73. The molecule has 0 bridgehead atoms. The zero-order chi connectivity index (χ0) is 27.8. The fraction of sp³-hybridized carbons (Fsp3) is 0.462. The number of benzene rings is 2. The zero-order valence-corrected chi connectivity index (χ0v) is 24.2. The summed E-state index contributed by atoms with van der Waals surface area (Å²) in [6, 6.07) is 11.1. The topological polar surface area (TPSA) is 96.0 Å². The Kier molecular flexibility index (Phi) is 11.5. The lowest BCUT2D eigenvalue weighted by atomic mass is 10.1. The third kappa shape index (κ3) is 9.09. The van der Waals surface area contributed by atoms with E-state index in [1.54, 1.807) is 24.1 Å². The van der Waals surface area contributed by atoms with E-state index in [0.717, 1.165) is 16.1 Å². The number of rotatable bonds is 13. The number of carbonyl (C=O) groups is 2. The van der Waals surface area contributed by atoms with Gasteiger partial charge in [0.1, 0.15) is 11.8 Å². The Balaban J connectivity index is 2.27. The van der Waals surface area contributed by atoms with Gasteiger partial charge in [0, 0.05) is 30.6 Å². The largest absolute Gasteiger partial charge is 0.497 e. The van der Waals surface area contributed by atoms with Crippen LogP contribution in [0.5, 0.6) is 5.75 Å². The molecule has 0 saturated heterocycles. The molecule has 1 atom stereocenters. The van der Waals surface area contributed by atoms with E-state index in [0.29, 0.717) is 17.2 Å². The van der Waals surface area contributed by atoms with E-state index < -0.39 is 16.1 Å². The van der Waals surface area contributed by atoms with Gasteiger partial charge in [0.2, 0.25) is 21.8 Å². The molecule has 2 rings (SSSR count). The first-order valence-corrected chi connectivity index (χ1v) is 14.6. The van der Waals surface area contributed by atoms with Gasteiger partial charge in [-0.2, -0.15) is 0 Å². The molecule has 0 aliphatic rings. The molecule has 0 fully saturated rings. The summed E-state index contributed by atoms with van der Waals surface area (Å²) in [7, 11) is -2.13. The Bertz CT molecular complexity index is 1190. The molecule has 0 aromatic heterocycles. The van der Waals surface area contributed by atoms with E-state index in [2.05, 4.69) is 5.32 Å². The van der Waals surface area contributed by atoms with Gasteiger partial charge in [0.25, 0.3) is 0 Å². The zero-order valence-electron chi connectivity index (χ0n) is 21.8. The highest BCUT2D eigenvalue weighted by Gasteiger charge is 2.29. The van der Waals surface area contributed by atoms with Gasteiger partial charge in [-0.3, -0.25) is 13.9 Å². The van der Waals surface area contributed by atoms with Crippen molar-refractivity contribution in [3.05, 3.63) is 58.1 Å². The van der Waals surface area contributed by atoms with Gasteiger partial charge >= 0.3 is 0 Å². The molecule has 0 spiro atoms. The Morgan fingerprint density at radius 1 is 1.11 bits per heavy atom. The third-order valence-corrected chi connectivity index (χ3v) is 7.37. The Morgan fingerprint density at radius 2 is 1.81 bits per heavy atom. The number of ether oxygens (including phenoxy) is 1. The smallest absolute Gasteiger partial charge is 0.243 e. The Labute approximate surface area is 229 Å². The predicted molar refractivity (Wildman–Crippen MR) is 149 cm³/mol. The summed E-state index contributed by atoms with van der Waals surface area (Å²) in [5.74, 6) is 0.142. The molecule has 1 N–H and O–H groups in total. The Hall–Kier alpha value is -2.49. The molecule has 11 heteroatoms. The van der Waals surface area contributed by atoms with Crippen LogP contribution in [0.25, 0.3) is 0 Å². The van der Waals surface area contributed by atoms with Crippen molar-refractivity contribution >= 4 is 50.7 Å². The van der Waals surface area contributed by atoms with Gasteiger partial charge in [-0.05, 0) is 62.6 Å². The van der Waals surface area contributed by atoms with Crippen molar-refractivity contribution in [3.63, 3.8) is 0 Å². The molecule has 1 unspecified atom stereocenters. The number of hydrogen-bond acceptors (Lipinski definition) is 5. The summed E-state index contributed by atoms with van der Waals surface area (Å²) in [5, 5.41) is 3.47. The number of sulfonamides is 1. The second kappa shape index (κ2) is 13.9. The molecule has 2 aromatic carbocycles. The molecular weight excluding hydrogens is 537 g/mol. The highest BCUT2D eigenvalue weighted by Crippen LogP contribution is 2.31. The molecule has 0 aliphatic heterocycles. The summed E-state index contributed by atoms with van der Waals surface area (Å²) in [5.41, 5.74) is 1.06. The number of nitrogens with one attached hydrogen (secondary N) is 1. The van der Waals surface area contributed by atoms with Crippen LogP contribution < -0.4 is 14.4 Å². The maximum absolute atomic E-state index is 13.5. The molecule has 0 radical (unpaired) electrons. The molecule has 204 valence electrons. The fourth-order valence-electron chi connectivity index (χ4n) is 3.93. The van der Waals surface area contributed by atoms with Crippen LogP contribution in [0.4, 0.5) is 5.69 Å². The fourth-order valence-corrected chi connectivity index (χ4v) is 5.33. The maximum atomic E-state index is 13.5. The van der Waals surface area contributed by atoms with Crippen LogP contribution in [0.2, 0.25) is 10.0 Å². The minimum Gasteiger partial charge on any atom is -0.497 e. The van der Waals surface area contributed by atoms with Crippen LogP contribution in [0.1, 0.15) is 45.6 Å². The van der Waals surface area contributed by atoms with Crippen molar-refractivity contribution in [1.29, 1.82) is 0 Å². The van der Waals surface area contributed by atoms with Crippen LogP contribution >= 0.6 is 23.2 Å². The van der Waals surface area contributed by atoms with E-state index in [9.17, 15) is 18.0 Å². The Morgan fingerprint density at radius 3 is 2.41 bits per heavy atom. The number of hydrogen-bond donors (Lipinski definition) is 1. The van der Waals surface area contributed by atoms with Crippen LogP contribution in [-0.4, -0.2) is 57.1 Å². The molecule has 0 heterocycles. The lowest BCUT2D eigenvalue weighted by Gasteiger charge is -2.31. The van der Waals surface area contributed by atoms with Gasteiger partial charge in [0.15, 0.2) is 0 Å². The molecule has 37 heavy (non-hydrogen) atoms. The summed E-state index contributed by atoms with van der Waals surface area (Å²) in [6.45, 7) is 5.80.